The molecule has 0 aliphatic rings. The number of halogens is 1. The molecule has 1 rings (SSSR count). The summed E-state index contributed by atoms with van der Waals surface area (Å²) in [6.45, 7) is 4.35. The van der Waals surface area contributed by atoms with Crippen molar-refractivity contribution in [1.82, 2.24) is 0 Å². The summed E-state index contributed by atoms with van der Waals surface area (Å²) in [4.78, 5) is 0. The maximum atomic E-state index is 5.98. The van der Waals surface area contributed by atoms with Gasteiger partial charge in [0.15, 0.2) is 0 Å². The second-order valence-corrected chi connectivity index (χ2v) is 3.51. The predicted molar refractivity (Wildman–Crippen MR) is 62.0 cm³/mol. The first-order chi connectivity index (χ1) is 7.24. The number of nitrogen functional groups attached to an aromatic ring is 1. The molecule has 3 nitrogen and oxygen atoms in total. The van der Waals surface area contributed by atoms with Crippen LogP contribution in [0.1, 0.15) is 12.5 Å². The van der Waals surface area contributed by atoms with Gasteiger partial charge in [-0.3, -0.25) is 0 Å². The highest BCUT2D eigenvalue weighted by molar-refractivity contribution is 6.31. The van der Waals surface area contributed by atoms with Gasteiger partial charge in [0.1, 0.15) is 0 Å². The molecule has 0 atom stereocenters. The molecule has 0 aliphatic heterocycles. The summed E-state index contributed by atoms with van der Waals surface area (Å²) in [6, 6.07) is 5.41. The number of anilines is 1. The van der Waals surface area contributed by atoms with E-state index in [1.807, 2.05) is 19.1 Å². The number of hydrogen-bond acceptors (Lipinski definition) is 3. The third kappa shape index (κ3) is 4.51. The molecule has 0 bridgehead atoms. The largest absolute Gasteiger partial charge is 0.399 e. The lowest BCUT2D eigenvalue weighted by Gasteiger charge is -2.06. The van der Waals surface area contributed by atoms with Crippen molar-refractivity contribution < 1.29 is 9.47 Å². The molecule has 0 aromatic heterocycles. The number of ether oxygens (including phenoxy) is 2. The van der Waals surface area contributed by atoms with Crippen LogP contribution in [0.15, 0.2) is 18.2 Å². The Labute approximate surface area is 95.1 Å². The number of benzene rings is 1. The summed E-state index contributed by atoms with van der Waals surface area (Å²) in [5.41, 5.74) is 7.19. The van der Waals surface area contributed by atoms with Gasteiger partial charge in [-0.05, 0) is 24.6 Å². The minimum Gasteiger partial charge on any atom is -0.399 e. The third-order valence-electron chi connectivity index (χ3n) is 1.91. The average Bonchev–Trinajstić information content (AvgIpc) is 2.20. The molecule has 0 spiro atoms. The van der Waals surface area contributed by atoms with Gasteiger partial charge in [-0.1, -0.05) is 17.7 Å². The summed E-state index contributed by atoms with van der Waals surface area (Å²) in [5, 5.41) is 0.645. The van der Waals surface area contributed by atoms with Crippen LogP contribution in [0.3, 0.4) is 0 Å². The molecule has 0 amide bonds. The molecule has 0 saturated carbocycles. The molecule has 0 unspecified atom stereocenters. The summed E-state index contributed by atoms with van der Waals surface area (Å²) in [6.07, 6.45) is 0. The highest BCUT2D eigenvalue weighted by atomic mass is 35.5. The van der Waals surface area contributed by atoms with Crippen LogP contribution >= 0.6 is 11.6 Å². The normalized spacial score (nSPS) is 10.5. The monoisotopic (exact) mass is 229 g/mol. The summed E-state index contributed by atoms with van der Waals surface area (Å²) < 4.78 is 10.5. The molecule has 0 heterocycles. The van der Waals surface area contributed by atoms with Crippen molar-refractivity contribution in [2.45, 2.75) is 13.5 Å². The van der Waals surface area contributed by atoms with Gasteiger partial charge in [0.2, 0.25) is 0 Å². The van der Waals surface area contributed by atoms with Crippen LogP contribution in [0.25, 0.3) is 0 Å². The van der Waals surface area contributed by atoms with E-state index in [0.29, 0.717) is 37.1 Å². The molecular formula is C11H16ClNO2. The van der Waals surface area contributed by atoms with Crippen LogP contribution in [-0.4, -0.2) is 19.8 Å². The Morgan fingerprint density at radius 2 is 2.00 bits per heavy atom. The van der Waals surface area contributed by atoms with Gasteiger partial charge in [0, 0.05) is 17.3 Å². The van der Waals surface area contributed by atoms with Crippen LogP contribution in [0.2, 0.25) is 5.02 Å². The Morgan fingerprint density at radius 3 is 2.67 bits per heavy atom. The zero-order valence-corrected chi connectivity index (χ0v) is 9.59. The molecule has 0 radical (unpaired) electrons. The van der Waals surface area contributed by atoms with Crippen molar-refractivity contribution >= 4 is 17.3 Å². The van der Waals surface area contributed by atoms with Crippen molar-refractivity contribution in [2.24, 2.45) is 0 Å². The molecule has 0 fully saturated rings. The van der Waals surface area contributed by atoms with Crippen molar-refractivity contribution in [3.8, 4) is 0 Å². The highest BCUT2D eigenvalue weighted by Gasteiger charge is 2.00. The molecule has 0 saturated heterocycles. The summed E-state index contributed by atoms with van der Waals surface area (Å²) in [5.74, 6) is 0. The zero-order valence-electron chi connectivity index (χ0n) is 8.83. The van der Waals surface area contributed by atoms with E-state index >= 15 is 0 Å². The van der Waals surface area contributed by atoms with E-state index in [1.54, 1.807) is 6.07 Å². The van der Waals surface area contributed by atoms with Gasteiger partial charge in [-0.25, -0.2) is 0 Å². The van der Waals surface area contributed by atoms with E-state index in [-0.39, 0.29) is 0 Å². The molecule has 2 N–H and O–H groups in total. The van der Waals surface area contributed by atoms with E-state index < -0.39 is 0 Å². The van der Waals surface area contributed by atoms with Crippen molar-refractivity contribution in [3.63, 3.8) is 0 Å². The second kappa shape index (κ2) is 6.67. The van der Waals surface area contributed by atoms with E-state index in [4.69, 9.17) is 26.8 Å². The van der Waals surface area contributed by atoms with Gasteiger partial charge < -0.3 is 15.2 Å². The van der Waals surface area contributed by atoms with Crippen LogP contribution in [0, 0.1) is 0 Å². The van der Waals surface area contributed by atoms with E-state index in [1.165, 1.54) is 0 Å². The fraction of sp³-hybridized carbons (Fsp3) is 0.455. The Morgan fingerprint density at radius 1 is 1.27 bits per heavy atom. The lowest BCUT2D eigenvalue weighted by atomic mass is 10.2. The van der Waals surface area contributed by atoms with Crippen LogP contribution < -0.4 is 5.73 Å². The fourth-order valence-corrected chi connectivity index (χ4v) is 1.37. The van der Waals surface area contributed by atoms with Crippen molar-refractivity contribution in [2.75, 3.05) is 25.6 Å². The van der Waals surface area contributed by atoms with Crippen molar-refractivity contribution in [3.05, 3.63) is 28.8 Å². The zero-order chi connectivity index (χ0) is 11.1. The quantitative estimate of drug-likeness (QED) is 0.602. The van der Waals surface area contributed by atoms with Gasteiger partial charge in [0.25, 0.3) is 0 Å². The highest BCUT2D eigenvalue weighted by Crippen LogP contribution is 2.19. The SMILES string of the molecule is CCOCCOCc1ccc(N)cc1Cl. The van der Waals surface area contributed by atoms with Gasteiger partial charge >= 0.3 is 0 Å². The van der Waals surface area contributed by atoms with Crippen LogP contribution in [0.4, 0.5) is 5.69 Å². The Balaban J connectivity index is 2.31. The topological polar surface area (TPSA) is 44.5 Å². The lowest BCUT2D eigenvalue weighted by molar-refractivity contribution is 0.0453. The van der Waals surface area contributed by atoms with E-state index in [9.17, 15) is 0 Å². The lowest BCUT2D eigenvalue weighted by Crippen LogP contribution is -2.04. The van der Waals surface area contributed by atoms with Crippen molar-refractivity contribution in [1.29, 1.82) is 0 Å². The van der Waals surface area contributed by atoms with Gasteiger partial charge in [0.05, 0.1) is 19.8 Å². The maximum absolute atomic E-state index is 5.98. The molecule has 15 heavy (non-hydrogen) atoms. The second-order valence-electron chi connectivity index (χ2n) is 3.10. The van der Waals surface area contributed by atoms with E-state index in [0.717, 1.165) is 5.56 Å². The standard InChI is InChI=1S/C11H16ClNO2/c1-2-14-5-6-15-8-9-3-4-10(13)7-11(9)12/h3-4,7H,2,5-6,8,13H2,1H3. The minimum atomic E-state index is 0.492. The first-order valence-electron chi connectivity index (χ1n) is 4.93. The number of rotatable bonds is 6. The fourth-order valence-electron chi connectivity index (χ4n) is 1.12. The molecule has 1 aromatic rings. The Kier molecular flexibility index (Phi) is 5.47. The summed E-state index contributed by atoms with van der Waals surface area (Å²) in [7, 11) is 0. The Hall–Kier alpha value is -0.770. The molecule has 1 aromatic carbocycles. The first-order valence-corrected chi connectivity index (χ1v) is 5.31. The van der Waals surface area contributed by atoms with Crippen LogP contribution in [0.5, 0.6) is 0 Å². The Bertz CT molecular complexity index is 305. The smallest absolute Gasteiger partial charge is 0.0732 e. The predicted octanol–water partition coefficient (Wildman–Crippen LogP) is 2.48. The van der Waals surface area contributed by atoms with Gasteiger partial charge in [-0.15, -0.1) is 0 Å². The number of hydrogen-bond donors (Lipinski definition) is 1. The molecular weight excluding hydrogens is 214 g/mol. The molecule has 4 heteroatoms. The first kappa shape index (κ1) is 12.3. The maximum Gasteiger partial charge on any atom is 0.0732 e. The minimum absolute atomic E-state index is 0.492. The average molecular weight is 230 g/mol. The number of nitrogens with two attached hydrogens (primary N) is 1. The molecule has 84 valence electrons. The van der Waals surface area contributed by atoms with Gasteiger partial charge in [-0.2, -0.15) is 0 Å². The summed E-state index contributed by atoms with van der Waals surface area (Å²) >= 11 is 5.98. The van der Waals surface area contributed by atoms with E-state index in [2.05, 4.69) is 0 Å². The third-order valence-corrected chi connectivity index (χ3v) is 2.26. The molecule has 0 aliphatic carbocycles. The van der Waals surface area contributed by atoms with Crippen LogP contribution in [-0.2, 0) is 16.1 Å².